The third kappa shape index (κ3) is 3.21. The van der Waals surface area contributed by atoms with Gasteiger partial charge >= 0.3 is 5.97 Å². The molecular formula is C9H16O2. The summed E-state index contributed by atoms with van der Waals surface area (Å²) in [5, 5.41) is 0. The molecule has 0 N–H and O–H groups in total. The lowest BCUT2D eigenvalue weighted by atomic mass is 10.0. The van der Waals surface area contributed by atoms with E-state index in [1.54, 1.807) is 0 Å². The van der Waals surface area contributed by atoms with E-state index in [9.17, 15) is 4.79 Å². The molecule has 2 heteroatoms. The Balaban J connectivity index is 4.06. The van der Waals surface area contributed by atoms with Gasteiger partial charge in [0.1, 0.15) is 5.60 Å². The summed E-state index contributed by atoms with van der Waals surface area (Å²) < 4.78 is 5.13. The first-order chi connectivity index (χ1) is 5.08. The standard InChI is InChI=1S/C9H16O2/c1-5-8(10)11-9(4,6-2)7-3/h5H,1,6-7H2,2-4H3. The molecule has 0 saturated carbocycles. The minimum atomic E-state index is -0.337. The van der Waals surface area contributed by atoms with Crippen LogP contribution in [0.25, 0.3) is 0 Å². The lowest BCUT2D eigenvalue weighted by Crippen LogP contribution is -2.29. The summed E-state index contributed by atoms with van der Waals surface area (Å²) in [7, 11) is 0. The van der Waals surface area contributed by atoms with Gasteiger partial charge in [0.2, 0.25) is 0 Å². The second-order valence-electron chi connectivity index (χ2n) is 2.78. The molecule has 0 fully saturated rings. The van der Waals surface area contributed by atoms with Crippen molar-refractivity contribution in [3.8, 4) is 0 Å². The molecule has 0 atom stereocenters. The highest BCUT2D eigenvalue weighted by molar-refractivity contribution is 5.81. The number of carbonyl (C=O) groups excluding carboxylic acids is 1. The van der Waals surface area contributed by atoms with E-state index in [0.29, 0.717) is 0 Å². The highest BCUT2D eigenvalue weighted by atomic mass is 16.6. The zero-order valence-corrected chi connectivity index (χ0v) is 7.52. The van der Waals surface area contributed by atoms with Crippen LogP contribution in [0, 0.1) is 0 Å². The molecule has 0 bridgehead atoms. The van der Waals surface area contributed by atoms with Gasteiger partial charge in [0.05, 0.1) is 0 Å². The molecular weight excluding hydrogens is 140 g/mol. The maximum atomic E-state index is 10.8. The van der Waals surface area contributed by atoms with E-state index in [0.717, 1.165) is 12.8 Å². The van der Waals surface area contributed by atoms with Crippen LogP contribution in [0.5, 0.6) is 0 Å². The second-order valence-corrected chi connectivity index (χ2v) is 2.78. The fraction of sp³-hybridized carbons (Fsp3) is 0.667. The van der Waals surface area contributed by atoms with Crippen molar-refractivity contribution in [2.75, 3.05) is 0 Å². The first kappa shape index (κ1) is 10.2. The van der Waals surface area contributed by atoms with Crippen molar-refractivity contribution < 1.29 is 9.53 Å². The van der Waals surface area contributed by atoms with Crippen molar-refractivity contribution in [2.45, 2.75) is 39.2 Å². The largest absolute Gasteiger partial charge is 0.456 e. The molecule has 0 aromatic carbocycles. The topological polar surface area (TPSA) is 26.3 Å². The van der Waals surface area contributed by atoms with Crippen molar-refractivity contribution in [3.05, 3.63) is 12.7 Å². The van der Waals surface area contributed by atoms with Crippen LogP contribution in [0.4, 0.5) is 0 Å². The van der Waals surface area contributed by atoms with E-state index in [2.05, 4.69) is 6.58 Å². The van der Waals surface area contributed by atoms with E-state index in [4.69, 9.17) is 4.74 Å². The Morgan fingerprint density at radius 3 is 2.27 bits per heavy atom. The Labute approximate surface area is 68.2 Å². The molecule has 0 aliphatic carbocycles. The van der Waals surface area contributed by atoms with Crippen LogP contribution in [-0.4, -0.2) is 11.6 Å². The Morgan fingerprint density at radius 1 is 1.55 bits per heavy atom. The zero-order chi connectivity index (χ0) is 8.91. The van der Waals surface area contributed by atoms with Crippen LogP contribution >= 0.6 is 0 Å². The number of hydrogen-bond donors (Lipinski definition) is 0. The fourth-order valence-corrected chi connectivity index (χ4v) is 0.679. The molecule has 0 heterocycles. The average molecular weight is 156 g/mol. The van der Waals surface area contributed by atoms with Crippen LogP contribution < -0.4 is 0 Å². The predicted molar refractivity (Wildman–Crippen MR) is 45.3 cm³/mol. The first-order valence-electron chi connectivity index (χ1n) is 3.93. The molecule has 11 heavy (non-hydrogen) atoms. The van der Waals surface area contributed by atoms with Crippen LogP contribution in [-0.2, 0) is 9.53 Å². The highest BCUT2D eigenvalue weighted by Crippen LogP contribution is 2.19. The first-order valence-corrected chi connectivity index (χ1v) is 3.93. The fourth-order valence-electron chi connectivity index (χ4n) is 0.679. The van der Waals surface area contributed by atoms with Gasteiger partial charge in [-0.25, -0.2) is 4.79 Å². The molecule has 0 aromatic heterocycles. The average Bonchev–Trinajstić information content (AvgIpc) is 2.04. The quantitative estimate of drug-likeness (QED) is 0.461. The minimum Gasteiger partial charge on any atom is -0.456 e. The van der Waals surface area contributed by atoms with Gasteiger partial charge < -0.3 is 4.74 Å². The summed E-state index contributed by atoms with van der Waals surface area (Å²) in [6, 6.07) is 0. The summed E-state index contributed by atoms with van der Waals surface area (Å²) in [6.45, 7) is 9.26. The summed E-state index contributed by atoms with van der Waals surface area (Å²) in [5.74, 6) is -0.337. The third-order valence-corrected chi connectivity index (χ3v) is 2.01. The molecule has 64 valence electrons. The second kappa shape index (κ2) is 4.16. The molecule has 0 aliphatic heterocycles. The summed E-state index contributed by atoms with van der Waals surface area (Å²) >= 11 is 0. The van der Waals surface area contributed by atoms with Crippen LogP contribution in [0.1, 0.15) is 33.6 Å². The Kier molecular flexibility index (Phi) is 3.86. The van der Waals surface area contributed by atoms with E-state index in [1.165, 1.54) is 6.08 Å². The normalized spacial score (nSPS) is 10.8. The number of rotatable bonds is 4. The molecule has 0 radical (unpaired) electrons. The van der Waals surface area contributed by atoms with Crippen LogP contribution in [0.2, 0.25) is 0 Å². The lowest BCUT2D eigenvalue weighted by molar-refractivity contribution is -0.152. The Morgan fingerprint density at radius 2 is 2.00 bits per heavy atom. The molecule has 0 amide bonds. The summed E-state index contributed by atoms with van der Waals surface area (Å²) in [6.07, 6.45) is 2.87. The number of carbonyl (C=O) groups is 1. The van der Waals surface area contributed by atoms with Gasteiger partial charge in [0.25, 0.3) is 0 Å². The van der Waals surface area contributed by atoms with Crippen molar-refractivity contribution in [1.29, 1.82) is 0 Å². The van der Waals surface area contributed by atoms with Crippen LogP contribution in [0.15, 0.2) is 12.7 Å². The number of ether oxygens (including phenoxy) is 1. The van der Waals surface area contributed by atoms with E-state index >= 15 is 0 Å². The SMILES string of the molecule is C=CC(=O)OC(C)(CC)CC. The smallest absolute Gasteiger partial charge is 0.330 e. The van der Waals surface area contributed by atoms with Gasteiger partial charge in [-0.1, -0.05) is 20.4 Å². The molecule has 0 unspecified atom stereocenters. The summed E-state index contributed by atoms with van der Waals surface area (Å²) in [5.41, 5.74) is -0.314. The molecule has 0 aromatic rings. The Hall–Kier alpha value is -0.790. The van der Waals surface area contributed by atoms with Gasteiger partial charge in [0.15, 0.2) is 0 Å². The van der Waals surface area contributed by atoms with E-state index in [1.807, 2.05) is 20.8 Å². The maximum Gasteiger partial charge on any atom is 0.330 e. The van der Waals surface area contributed by atoms with E-state index < -0.39 is 0 Å². The monoisotopic (exact) mass is 156 g/mol. The minimum absolute atomic E-state index is 0.314. The molecule has 0 spiro atoms. The molecule has 2 nitrogen and oxygen atoms in total. The van der Waals surface area contributed by atoms with E-state index in [-0.39, 0.29) is 11.6 Å². The highest BCUT2D eigenvalue weighted by Gasteiger charge is 2.22. The zero-order valence-electron chi connectivity index (χ0n) is 7.52. The van der Waals surface area contributed by atoms with Gasteiger partial charge in [-0.2, -0.15) is 0 Å². The lowest BCUT2D eigenvalue weighted by Gasteiger charge is -2.25. The Bertz CT molecular complexity index is 146. The van der Waals surface area contributed by atoms with Crippen molar-refractivity contribution in [1.82, 2.24) is 0 Å². The van der Waals surface area contributed by atoms with Crippen molar-refractivity contribution in [2.24, 2.45) is 0 Å². The van der Waals surface area contributed by atoms with Gasteiger partial charge in [-0.05, 0) is 19.8 Å². The van der Waals surface area contributed by atoms with Crippen LogP contribution in [0.3, 0.4) is 0 Å². The van der Waals surface area contributed by atoms with Gasteiger partial charge in [0, 0.05) is 6.08 Å². The van der Waals surface area contributed by atoms with Crippen molar-refractivity contribution in [3.63, 3.8) is 0 Å². The third-order valence-electron chi connectivity index (χ3n) is 2.01. The van der Waals surface area contributed by atoms with Gasteiger partial charge in [-0.15, -0.1) is 0 Å². The molecule has 0 saturated heterocycles. The molecule has 0 aliphatic rings. The van der Waals surface area contributed by atoms with Crippen molar-refractivity contribution >= 4 is 5.97 Å². The van der Waals surface area contributed by atoms with Gasteiger partial charge in [-0.3, -0.25) is 0 Å². The predicted octanol–water partition coefficient (Wildman–Crippen LogP) is 2.29. The number of esters is 1. The number of hydrogen-bond acceptors (Lipinski definition) is 2. The maximum absolute atomic E-state index is 10.8. The molecule has 0 rings (SSSR count). The summed E-state index contributed by atoms with van der Waals surface area (Å²) in [4.78, 5) is 10.8.